The first-order valence-corrected chi connectivity index (χ1v) is 6.26. The Kier molecular flexibility index (Phi) is 3.18. The average molecular weight is 261 g/mol. The fraction of sp³-hybridized carbons (Fsp3) is 0.385. The fourth-order valence-corrected chi connectivity index (χ4v) is 2.45. The first-order valence-electron chi connectivity index (χ1n) is 6.26. The molecule has 2 amide bonds. The van der Waals surface area contributed by atoms with Crippen molar-refractivity contribution in [2.45, 2.75) is 18.5 Å². The van der Waals surface area contributed by atoms with Crippen LogP contribution in [0.15, 0.2) is 24.3 Å². The summed E-state index contributed by atoms with van der Waals surface area (Å²) < 4.78 is 0. The van der Waals surface area contributed by atoms with Gasteiger partial charge in [0.05, 0.1) is 5.92 Å². The van der Waals surface area contributed by atoms with Crippen molar-refractivity contribution in [3.05, 3.63) is 35.4 Å². The van der Waals surface area contributed by atoms with Crippen molar-refractivity contribution in [2.75, 3.05) is 13.2 Å². The lowest BCUT2D eigenvalue weighted by Crippen LogP contribution is -2.46. The molecule has 3 N–H and O–H groups in total. The van der Waals surface area contributed by atoms with E-state index in [9.17, 15) is 9.59 Å². The normalized spacial score (nSPS) is 25.6. The van der Waals surface area contributed by atoms with Crippen molar-refractivity contribution in [3.63, 3.8) is 0 Å². The van der Waals surface area contributed by atoms with E-state index in [4.69, 9.17) is 4.84 Å². The Labute approximate surface area is 110 Å². The van der Waals surface area contributed by atoms with Gasteiger partial charge in [-0.2, -0.15) is 0 Å². The van der Waals surface area contributed by atoms with E-state index in [0.29, 0.717) is 6.54 Å². The Bertz CT molecular complexity index is 518. The van der Waals surface area contributed by atoms with Crippen LogP contribution < -0.4 is 16.1 Å². The van der Waals surface area contributed by atoms with Gasteiger partial charge in [-0.25, -0.2) is 5.48 Å². The molecular weight excluding hydrogens is 246 g/mol. The Morgan fingerprint density at radius 1 is 1.37 bits per heavy atom. The number of hydrogen-bond acceptors (Lipinski definition) is 4. The minimum absolute atomic E-state index is 0.148. The van der Waals surface area contributed by atoms with Gasteiger partial charge in [-0.05, 0) is 11.1 Å². The van der Waals surface area contributed by atoms with Crippen LogP contribution in [0.1, 0.15) is 17.0 Å². The van der Waals surface area contributed by atoms with Crippen LogP contribution in [-0.2, 0) is 21.0 Å². The van der Waals surface area contributed by atoms with Crippen LogP contribution >= 0.6 is 0 Å². The summed E-state index contributed by atoms with van der Waals surface area (Å²) in [4.78, 5) is 28.4. The van der Waals surface area contributed by atoms with Gasteiger partial charge in [0.25, 0.3) is 5.91 Å². The number of benzene rings is 1. The van der Waals surface area contributed by atoms with Crippen molar-refractivity contribution in [1.82, 2.24) is 16.1 Å². The molecule has 2 aliphatic rings. The number of hydrogen-bond donors (Lipinski definition) is 3. The molecule has 0 saturated carbocycles. The third kappa shape index (κ3) is 2.32. The second-order valence-corrected chi connectivity index (χ2v) is 4.72. The maximum absolute atomic E-state index is 12.3. The van der Waals surface area contributed by atoms with Gasteiger partial charge in [0.2, 0.25) is 5.91 Å². The highest BCUT2D eigenvalue weighted by atomic mass is 16.7. The molecule has 2 heterocycles. The van der Waals surface area contributed by atoms with Gasteiger partial charge < -0.3 is 10.6 Å². The number of nitrogens with one attached hydrogen (secondary N) is 3. The van der Waals surface area contributed by atoms with Crippen LogP contribution in [-0.4, -0.2) is 31.0 Å². The van der Waals surface area contributed by atoms with Crippen molar-refractivity contribution < 1.29 is 14.4 Å². The summed E-state index contributed by atoms with van der Waals surface area (Å²) in [6.45, 7) is 1.53. The van der Waals surface area contributed by atoms with Gasteiger partial charge in [0.1, 0.15) is 12.6 Å². The van der Waals surface area contributed by atoms with Gasteiger partial charge in [0, 0.05) is 13.1 Å². The van der Waals surface area contributed by atoms with E-state index in [1.807, 2.05) is 24.3 Å². The van der Waals surface area contributed by atoms with E-state index in [1.54, 1.807) is 0 Å². The highest BCUT2D eigenvalue weighted by molar-refractivity contribution is 5.91. The van der Waals surface area contributed by atoms with Crippen LogP contribution in [0.2, 0.25) is 0 Å². The topological polar surface area (TPSA) is 79.5 Å². The van der Waals surface area contributed by atoms with E-state index in [1.165, 1.54) is 0 Å². The SMILES string of the molecule is O=C(N[C@@H]1CONC1=O)C1CNCc2ccccc21. The molecule has 3 rings (SSSR count). The summed E-state index contributed by atoms with van der Waals surface area (Å²) in [5.41, 5.74) is 4.38. The molecule has 2 atom stereocenters. The van der Waals surface area contributed by atoms with E-state index < -0.39 is 6.04 Å². The fourth-order valence-electron chi connectivity index (χ4n) is 2.45. The monoisotopic (exact) mass is 261 g/mol. The zero-order valence-electron chi connectivity index (χ0n) is 10.3. The highest BCUT2D eigenvalue weighted by Gasteiger charge is 2.32. The highest BCUT2D eigenvalue weighted by Crippen LogP contribution is 2.24. The van der Waals surface area contributed by atoms with Crippen molar-refractivity contribution >= 4 is 11.8 Å². The molecule has 1 aromatic rings. The molecule has 1 unspecified atom stereocenters. The Balaban J connectivity index is 1.76. The second-order valence-electron chi connectivity index (χ2n) is 4.72. The van der Waals surface area contributed by atoms with E-state index in [0.717, 1.165) is 17.7 Å². The maximum Gasteiger partial charge on any atom is 0.268 e. The number of hydroxylamine groups is 1. The second kappa shape index (κ2) is 4.99. The summed E-state index contributed by atoms with van der Waals surface area (Å²) in [5, 5.41) is 5.94. The van der Waals surface area contributed by atoms with Crippen LogP contribution in [0.3, 0.4) is 0 Å². The zero-order valence-corrected chi connectivity index (χ0v) is 10.3. The lowest BCUT2D eigenvalue weighted by atomic mass is 9.90. The summed E-state index contributed by atoms with van der Waals surface area (Å²) >= 11 is 0. The van der Waals surface area contributed by atoms with Crippen LogP contribution in [0, 0.1) is 0 Å². The number of carbonyl (C=O) groups is 2. The lowest BCUT2D eigenvalue weighted by Gasteiger charge is -2.26. The maximum atomic E-state index is 12.3. The largest absolute Gasteiger partial charge is 0.342 e. The Morgan fingerprint density at radius 2 is 2.21 bits per heavy atom. The van der Waals surface area contributed by atoms with Gasteiger partial charge in [0.15, 0.2) is 0 Å². The molecule has 1 saturated heterocycles. The van der Waals surface area contributed by atoms with E-state index in [2.05, 4.69) is 16.1 Å². The van der Waals surface area contributed by atoms with Crippen molar-refractivity contribution in [1.29, 1.82) is 0 Å². The molecule has 0 aliphatic carbocycles. The molecule has 1 fully saturated rings. The minimum atomic E-state index is -0.596. The van der Waals surface area contributed by atoms with Gasteiger partial charge in [-0.15, -0.1) is 0 Å². The van der Waals surface area contributed by atoms with Crippen LogP contribution in [0.25, 0.3) is 0 Å². The smallest absolute Gasteiger partial charge is 0.268 e. The third-order valence-electron chi connectivity index (χ3n) is 3.47. The molecule has 6 nitrogen and oxygen atoms in total. The minimum Gasteiger partial charge on any atom is -0.342 e. The summed E-state index contributed by atoms with van der Waals surface area (Å²) in [7, 11) is 0. The molecule has 6 heteroatoms. The molecule has 100 valence electrons. The van der Waals surface area contributed by atoms with Gasteiger partial charge >= 0.3 is 0 Å². The summed E-state index contributed by atoms with van der Waals surface area (Å²) in [6, 6.07) is 7.26. The predicted octanol–water partition coefficient (Wildman–Crippen LogP) is -0.580. The number of carbonyl (C=O) groups excluding carboxylic acids is 2. The number of fused-ring (bicyclic) bond motifs is 1. The van der Waals surface area contributed by atoms with E-state index in [-0.39, 0.29) is 24.3 Å². The van der Waals surface area contributed by atoms with Gasteiger partial charge in [-0.3, -0.25) is 14.4 Å². The molecule has 2 aliphatic heterocycles. The molecule has 0 radical (unpaired) electrons. The Hall–Kier alpha value is -1.92. The quantitative estimate of drug-likeness (QED) is 0.665. The summed E-state index contributed by atoms with van der Waals surface area (Å²) in [5.74, 6) is -0.714. The molecule has 1 aromatic carbocycles. The van der Waals surface area contributed by atoms with Crippen molar-refractivity contribution in [3.8, 4) is 0 Å². The molecule has 19 heavy (non-hydrogen) atoms. The first kappa shape index (κ1) is 12.1. The van der Waals surface area contributed by atoms with Crippen LogP contribution in [0.4, 0.5) is 0 Å². The lowest BCUT2D eigenvalue weighted by molar-refractivity contribution is -0.129. The molecule has 0 aromatic heterocycles. The zero-order chi connectivity index (χ0) is 13.2. The van der Waals surface area contributed by atoms with Crippen molar-refractivity contribution in [2.24, 2.45) is 0 Å². The standard InChI is InChI=1S/C13H15N3O3/c17-12(15-11-7-19-16-13(11)18)10-6-14-5-8-3-1-2-4-9(8)10/h1-4,10-11,14H,5-7H2,(H,15,17)(H,16,18)/t10?,11-/m1/s1. The molecule has 0 spiro atoms. The van der Waals surface area contributed by atoms with E-state index >= 15 is 0 Å². The summed E-state index contributed by atoms with van der Waals surface area (Å²) in [6.07, 6.45) is 0. The molecular formula is C13H15N3O3. The average Bonchev–Trinajstić information content (AvgIpc) is 2.83. The number of rotatable bonds is 2. The molecule has 0 bridgehead atoms. The third-order valence-corrected chi connectivity index (χ3v) is 3.47. The number of amides is 2. The Morgan fingerprint density at radius 3 is 3.00 bits per heavy atom. The van der Waals surface area contributed by atoms with Crippen LogP contribution in [0.5, 0.6) is 0 Å². The predicted molar refractivity (Wildman–Crippen MR) is 66.9 cm³/mol. The first-order chi connectivity index (χ1) is 9.25. The van der Waals surface area contributed by atoms with Gasteiger partial charge in [-0.1, -0.05) is 24.3 Å².